The second-order valence-corrected chi connectivity index (χ2v) is 5.87. The first-order chi connectivity index (χ1) is 7.11. The highest BCUT2D eigenvalue weighted by atomic mass is 32.2. The number of hydrogen-bond donors (Lipinski definition) is 2. The van der Waals surface area contributed by atoms with E-state index >= 15 is 0 Å². The summed E-state index contributed by atoms with van der Waals surface area (Å²) in [6.07, 6.45) is 3.83. The van der Waals surface area contributed by atoms with Crippen molar-refractivity contribution in [1.82, 2.24) is 5.32 Å². The highest BCUT2D eigenvalue weighted by molar-refractivity contribution is 7.99. The lowest BCUT2D eigenvalue weighted by Crippen LogP contribution is -2.44. The van der Waals surface area contributed by atoms with Gasteiger partial charge in [0.25, 0.3) is 0 Å². The Morgan fingerprint density at radius 1 is 1.53 bits per heavy atom. The van der Waals surface area contributed by atoms with Crippen LogP contribution in [0, 0.1) is 5.92 Å². The van der Waals surface area contributed by atoms with E-state index in [0.717, 1.165) is 6.54 Å². The molecule has 2 atom stereocenters. The Morgan fingerprint density at radius 3 is 2.73 bits per heavy atom. The van der Waals surface area contributed by atoms with Crippen LogP contribution in [0.25, 0.3) is 0 Å². The summed E-state index contributed by atoms with van der Waals surface area (Å²) in [5.41, 5.74) is 0. The molecule has 1 fully saturated rings. The first-order valence-electron chi connectivity index (χ1n) is 5.69. The van der Waals surface area contributed by atoms with Crippen LogP contribution in [0.1, 0.15) is 33.1 Å². The van der Waals surface area contributed by atoms with E-state index in [1.807, 2.05) is 25.6 Å². The van der Waals surface area contributed by atoms with Crippen molar-refractivity contribution in [3.63, 3.8) is 0 Å². The molecule has 1 saturated heterocycles. The molecule has 3 nitrogen and oxygen atoms in total. The number of aliphatic carboxylic acids is 1. The Labute approximate surface area is 96.0 Å². The van der Waals surface area contributed by atoms with Gasteiger partial charge in [-0.2, -0.15) is 11.8 Å². The van der Waals surface area contributed by atoms with Gasteiger partial charge >= 0.3 is 5.97 Å². The van der Waals surface area contributed by atoms with Gasteiger partial charge in [-0.1, -0.05) is 20.3 Å². The Hall–Kier alpha value is -0.220. The zero-order valence-corrected chi connectivity index (χ0v) is 10.3. The molecule has 2 unspecified atom stereocenters. The van der Waals surface area contributed by atoms with Crippen molar-refractivity contribution < 1.29 is 9.90 Å². The number of hydrogen-bond acceptors (Lipinski definition) is 3. The Balaban J connectivity index is 2.29. The van der Waals surface area contributed by atoms with E-state index in [-0.39, 0.29) is 5.92 Å². The molecule has 0 saturated carbocycles. The summed E-state index contributed by atoms with van der Waals surface area (Å²) in [5.74, 6) is 0.646. The highest BCUT2D eigenvalue weighted by Gasteiger charge is 2.22. The third-order valence-corrected chi connectivity index (χ3v) is 4.17. The van der Waals surface area contributed by atoms with Crippen LogP contribution < -0.4 is 5.32 Å². The standard InChI is InChI=1S/C11H21NO2S/c1-8(2)10(11(13)14)12-7-9-5-3-4-6-15-9/h8-10,12H,3-7H2,1-2H3,(H,13,14). The number of carboxylic acid groups (broad SMARTS) is 1. The SMILES string of the molecule is CC(C)C(NCC1CCCCS1)C(=O)O. The minimum Gasteiger partial charge on any atom is -0.480 e. The second-order valence-electron chi connectivity index (χ2n) is 4.46. The van der Waals surface area contributed by atoms with Crippen LogP contribution in [0.4, 0.5) is 0 Å². The molecule has 0 amide bonds. The van der Waals surface area contributed by atoms with Crippen molar-refractivity contribution in [2.75, 3.05) is 12.3 Å². The maximum Gasteiger partial charge on any atom is 0.320 e. The first-order valence-corrected chi connectivity index (χ1v) is 6.74. The van der Waals surface area contributed by atoms with Crippen molar-refractivity contribution in [3.8, 4) is 0 Å². The zero-order valence-electron chi connectivity index (χ0n) is 9.53. The molecule has 88 valence electrons. The maximum absolute atomic E-state index is 10.9. The summed E-state index contributed by atoms with van der Waals surface area (Å²) < 4.78 is 0. The van der Waals surface area contributed by atoms with E-state index in [4.69, 9.17) is 5.11 Å². The summed E-state index contributed by atoms with van der Waals surface area (Å²) in [6.45, 7) is 4.72. The lowest BCUT2D eigenvalue weighted by molar-refractivity contribution is -0.140. The van der Waals surface area contributed by atoms with Crippen LogP contribution in [0.3, 0.4) is 0 Å². The van der Waals surface area contributed by atoms with Gasteiger partial charge < -0.3 is 10.4 Å². The van der Waals surface area contributed by atoms with Gasteiger partial charge in [0.15, 0.2) is 0 Å². The van der Waals surface area contributed by atoms with Crippen LogP contribution in [-0.2, 0) is 4.79 Å². The molecule has 4 heteroatoms. The van der Waals surface area contributed by atoms with Gasteiger partial charge in [-0.3, -0.25) is 4.79 Å². The van der Waals surface area contributed by atoms with Crippen molar-refractivity contribution in [1.29, 1.82) is 0 Å². The lowest BCUT2D eigenvalue weighted by Gasteiger charge is -2.25. The van der Waals surface area contributed by atoms with Gasteiger partial charge in [-0.05, 0) is 24.5 Å². The number of carboxylic acids is 1. The van der Waals surface area contributed by atoms with Gasteiger partial charge in [0.1, 0.15) is 6.04 Å². The minimum absolute atomic E-state index is 0.149. The number of carbonyl (C=O) groups is 1. The Kier molecular flexibility index (Phi) is 5.47. The molecule has 1 aliphatic heterocycles. The minimum atomic E-state index is -0.731. The van der Waals surface area contributed by atoms with E-state index in [1.54, 1.807) is 0 Å². The lowest BCUT2D eigenvalue weighted by atomic mass is 10.0. The molecule has 0 radical (unpaired) electrons. The molecule has 1 heterocycles. The predicted octanol–water partition coefficient (Wildman–Crippen LogP) is 1.97. The normalized spacial score (nSPS) is 24.1. The average Bonchev–Trinajstić information content (AvgIpc) is 2.18. The molecule has 0 bridgehead atoms. The molecule has 1 rings (SSSR count). The largest absolute Gasteiger partial charge is 0.480 e. The van der Waals surface area contributed by atoms with Gasteiger partial charge in [-0.15, -0.1) is 0 Å². The van der Waals surface area contributed by atoms with Crippen molar-refractivity contribution in [2.45, 2.75) is 44.4 Å². The fraction of sp³-hybridized carbons (Fsp3) is 0.909. The van der Waals surface area contributed by atoms with Crippen molar-refractivity contribution >= 4 is 17.7 Å². The van der Waals surface area contributed by atoms with E-state index in [2.05, 4.69) is 5.32 Å². The third-order valence-electron chi connectivity index (χ3n) is 2.77. The number of rotatable bonds is 5. The molecule has 0 aromatic heterocycles. The van der Waals surface area contributed by atoms with Crippen LogP contribution in [0.2, 0.25) is 0 Å². The quantitative estimate of drug-likeness (QED) is 0.759. The summed E-state index contributed by atoms with van der Waals surface area (Å²) >= 11 is 1.97. The van der Waals surface area contributed by atoms with Crippen LogP contribution in [0.5, 0.6) is 0 Å². The summed E-state index contributed by atoms with van der Waals surface area (Å²) in [7, 11) is 0. The molecular weight excluding hydrogens is 210 g/mol. The smallest absolute Gasteiger partial charge is 0.320 e. The highest BCUT2D eigenvalue weighted by Crippen LogP contribution is 2.24. The molecule has 15 heavy (non-hydrogen) atoms. The zero-order chi connectivity index (χ0) is 11.3. The molecule has 0 aromatic rings. The van der Waals surface area contributed by atoms with Crippen LogP contribution in [-0.4, -0.2) is 34.7 Å². The predicted molar refractivity (Wildman–Crippen MR) is 64.4 cm³/mol. The maximum atomic E-state index is 10.9. The fourth-order valence-electron chi connectivity index (χ4n) is 1.83. The summed E-state index contributed by atoms with van der Waals surface area (Å²) in [6, 6.07) is -0.396. The Morgan fingerprint density at radius 2 is 2.27 bits per heavy atom. The summed E-state index contributed by atoms with van der Waals surface area (Å²) in [4.78, 5) is 10.9. The molecular formula is C11H21NO2S. The van der Waals surface area contributed by atoms with Gasteiger partial charge in [-0.25, -0.2) is 0 Å². The fourth-order valence-corrected chi connectivity index (χ4v) is 3.09. The molecule has 0 spiro atoms. The first kappa shape index (κ1) is 12.8. The van der Waals surface area contributed by atoms with E-state index < -0.39 is 12.0 Å². The monoisotopic (exact) mass is 231 g/mol. The average molecular weight is 231 g/mol. The van der Waals surface area contributed by atoms with E-state index in [1.165, 1.54) is 25.0 Å². The van der Waals surface area contributed by atoms with Crippen LogP contribution >= 0.6 is 11.8 Å². The molecule has 2 N–H and O–H groups in total. The molecule has 0 aromatic carbocycles. The topological polar surface area (TPSA) is 49.3 Å². The molecule has 0 aliphatic carbocycles. The Bertz CT molecular complexity index is 203. The number of nitrogens with one attached hydrogen (secondary N) is 1. The van der Waals surface area contributed by atoms with Crippen LogP contribution in [0.15, 0.2) is 0 Å². The van der Waals surface area contributed by atoms with E-state index in [9.17, 15) is 4.79 Å². The van der Waals surface area contributed by atoms with Gasteiger partial charge in [0.2, 0.25) is 0 Å². The van der Waals surface area contributed by atoms with Crippen molar-refractivity contribution in [3.05, 3.63) is 0 Å². The number of thioether (sulfide) groups is 1. The molecule has 1 aliphatic rings. The van der Waals surface area contributed by atoms with Crippen molar-refractivity contribution in [2.24, 2.45) is 5.92 Å². The van der Waals surface area contributed by atoms with Gasteiger partial charge in [0, 0.05) is 11.8 Å². The summed E-state index contributed by atoms with van der Waals surface area (Å²) in [5, 5.41) is 12.8. The van der Waals surface area contributed by atoms with E-state index in [0.29, 0.717) is 5.25 Å². The second kappa shape index (κ2) is 6.38. The van der Waals surface area contributed by atoms with Gasteiger partial charge in [0.05, 0.1) is 0 Å². The third kappa shape index (κ3) is 4.43.